The molecule has 1 heterocycles. The van der Waals surface area contributed by atoms with Crippen molar-refractivity contribution < 1.29 is 4.79 Å². The molecule has 1 aliphatic rings. The lowest BCUT2D eigenvalue weighted by Crippen LogP contribution is -2.25. The summed E-state index contributed by atoms with van der Waals surface area (Å²) in [5.74, 6) is 0.584. The number of nitrogens with one attached hydrogen (secondary N) is 1. The number of hydrogen-bond acceptors (Lipinski definition) is 2. The first-order valence-corrected chi connectivity index (χ1v) is 10.5. The van der Waals surface area contributed by atoms with Crippen LogP contribution in [0.3, 0.4) is 0 Å². The van der Waals surface area contributed by atoms with Crippen LogP contribution < -0.4 is 5.32 Å². The molecule has 0 aliphatic heterocycles. The summed E-state index contributed by atoms with van der Waals surface area (Å²) in [7, 11) is 0. The molecule has 1 amide bonds. The van der Waals surface area contributed by atoms with Gasteiger partial charge in [0.05, 0.1) is 0 Å². The van der Waals surface area contributed by atoms with Gasteiger partial charge in [-0.3, -0.25) is 9.78 Å². The van der Waals surface area contributed by atoms with E-state index in [2.05, 4.69) is 71.8 Å². The monoisotopic (exact) mass is 392 g/mol. The number of rotatable bonds is 5. The number of aromatic nitrogens is 1. The molecule has 1 fully saturated rings. The van der Waals surface area contributed by atoms with Crippen molar-refractivity contribution in [2.45, 2.75) is 25.8 Å². The fourth-order valence-electron chi connectivity index (χ4n) is 4.25. The van der Waals surface area contributed by atoms with Gasteiger partial charge >= 0.3 is 0 Å². The molecule has 1 aromatic heterocycles. The molecular formula is C27H24N2O. The van der Waals surface area contributed by atoms with Gasteiger partial charge in [-0.15, -0.1) is 0 Å². The Kier molecular flexibility index (Phi) is 4.80. The highest BCUT2D eigenvalue weighted by atomic mass is 16.2. The Morgan fingerprint density at radius 3 is 2.57 bits per heavy atom. The number of carbonyl (C=O) groups is 1. The molecule has 3 heteroatoms. The van der Waals surface area contributed by atoms with Crippen molar-refractivity contribution in [1.29, 1.82) is 0 Å². The van der Waals surface area contributed by atoms with E-state index in [1.165, 1.54) is 22.3 Å². The molecule has 1 saturated carbocycles. The lowest BCUT2D eigenvalue weighted by atomic mass is 9.95. The van der Waals surface area contributed by atoms with E-state index < -0.39 is 0 Å². The quantitative estimate of drug-likeness (QED) is 0.478. The number of aryl methyl sites for hydroxylation is 1. The van der Waals surface area contributed by atoms with Gasteiger partial charge in [0.25, 0.3) is 0 Å². The summed E-state index contributed by atoms with van der Waals surface area (Å²) in [6.45, 7) is 2.62. The van der Waals surface area contributed by atoms with Gasteiger partial charge in [0.15, 0.2) is 0 Å². The predicted octanol–water partition coefficient (Wildman–Crippen LogP) is 5.63. The van der Waals surface area contributed by atoms with Crippen LogP contribution in [0.15, 0.2) is 85.2 Å². The van der Waals surface area contributed by atoms with E-state index in [-0.39, 0.29) is 11.8 Å². The third-order valence-corrected chi connectivity index (χ3v) is 6.08. The molecule has 4 aromatic rings. The maximum atomic E-state index is 12.7. The van der Waals surface area contributed by atoms with Crippen LogP contribution in [-0.2, 0) is 11.3 Å². The van der Waals surface area contributed by atoms with Gasteiger partial charge in [0, 0.05) is 30.2 Å². The first-order valence-electron chi connectivity index (χ1n) is 10.5. The minimum absolute atomic E-state index is 0.0867. The summed E-state index contributed by atoms with van der Waals surface area (Å²) >= 11 is 0. The summed E-state index contributed by atoms with van der Waals surface area (Å²) in [5.41, 5.74) is 5.98. The first kappa shape index (κ1) is 18.6. The van der Waals surface area contributed by atoms with Crippen molar-refractivity contribution in [3.8, 4) is 11.1 Å². The smallest absolute Gasteiger partial charge is 0.224 e. The number of benzene rings is 3. The van der Waals surface area contributed by atoms with E-state index in [0.29, 0.717) is 12.5 Å². The van der Waals surface area contributed by atoms with E-state index in [4.69, 9.17) is 0 Å². The highest BCUT2D eigenvalue weighted by Crippen LogP contribution is 2.47. The molecule has 2 atom stereocenters. The van der Waals surface area contributed by atoms with Crippen LogP contribution in [0.2, 0.25) is 0 Å². The van der Waals surface area contributed by atoms with E-state index in [9.17, 15) is 4.79 Å². The zero-order valence-electron chi connectivity index (χ0n) is 17.0. The minimum Gasteiger partial charge on any atom is -0.352 e. The Balaban J connectivity index is 1.35. The molecular weight excluding hydrogens is 368 g/mol. The first-order chi connectivity index (χ1) is 14.7. The summed E-state index contributed by atoms with van der Waals surface area (Å²) in [4.78, 5) is 17.0. The largest absolute Gasteiger partial charge is 0.352 e. The Hall–Kier alpha value is -3.46. The second-order valence-corrected chi connectivity index (χ2v) is 8.14. The SMILES string of the molecule is Cc1ccc(-c2ccc(CNC(=O)[C@@H]3C[C@H]3c3ccccc3)c3cnccc23)cc1. The standard InChI is InChI=1S/C27H24N2O/c1-18-7-9-20(10-8-18)22-12-11-21(26-17-28-14-13-23(22)26)16-29-27(30)25-15-24(25)19-5-3-2-4-6-19/h2-14,17,24-25H,15-16H2,1H3,(H,29,30)/t24-,25+/m0/s1. The minimum atomic E-state index is 0.0867. The van der Waals surface area contributed by atoms with Crippen LogP contribution in [0, 0.1) is 12.8 Å². The van der Waals surface area contributed by atoms with Gasteiger partial charge < -0.3 is 5.32 Å². The number of nitrogens with zero attached hydrogens (tertiary/aromatic N) is 1. The molecule has 3 nitrogen and oxygen atoms in total. The summed E-state index contributed by atoms with van der Waals surface area (Å²) in [6, 6.07) is 25.2. The normalized spacial score (nSPS) is 17.6. The van der Waals surface area contributed by atoms with Gasteiger partial charge in [-0.05, 0) is 53.0 Å². The Bertz CT molecular complexity index is 1200. The van der Waals surface area contributed by atoms with Crippen LogP contribution in [0.5, 0.6) is 0 Å². The third-order valence-electron chi connectivity index (χ3n) is 6.08. The molecule has 1 aliphatic carbocycles. The number of hydrogen-bond donors (Lipinski definition) is 1. The predicted molar refractivity (Wildman–Crippen MR) is 121 cm³/mol. The summed E-state index contributed by atoms with van der Waals surface area (Å²) < 4.78 is 0. The van der Waals surface area contributed by atoms with Crippen LogP contribution in [0.25, 0.3) is 21.9 Å². The molecule has 0 spiro atoms. The average Bonchev–Trinajstić information content (AvgIpc) is 3.60. The molecule has 0 unspecified atom stereocenters. The topological polar surface area (TPSA) is 42.0 Å². The van der Waals surface area contributed by atoms with Crippen LogP contribution in [0.1, 0.15) is 29.0 Å². The Morgan fingerprint density at radius 2 is 1.77 bits per heavy atom. The molecule has 0 bridgehead atoms. The van der Waals surface area contributed by atoms with E-state index >= 15 is 0 Å². The fraction of sp³-hybridized carbons (Fsp3) is 0.185. The van der Waals surface area contributed by atoms with Crippen LogP contribution in [-0.4, -0.2) is 10.9 Å². The second-order valence-electron chi connectivity index (χ2n) is 8.14. The van der Waals surface area contributed by atoms with E-state index in [1.807, 2.05) is 30.6 Å². The Morgan fingerprint density at radius 1 is 0.967 bits per heavy atom. The zero-order valence-corrected chi connectivity index (χ0v) is 17.0. The van der Waals surface area contributed by atoms with Gasteiger partial charge in [-0.2, -0.15) is 0 Å². The lowest BCUT2D eigenvalue weighted by Gasteiger charge is -2.12. The molecule has 148 valence electrons. The van der Waals surface area contributed by atoms with E-state index in [1.54, 1.807) is 0 Å². The maximum absolute atomic E-state index is 12.7. The lowest BCUT2D eigenvalue weighted by molar-refractivity contribution is -0.122. The van der Waals surface area contributed by atoms with Gasteiger partial charge in [-0.1, -0.05) is 72.3 Å². The van der Waals surface area contributed by atoms with Crippen LogP contribution >= 0.6 is 0 Å². The molecule has 0 radical (unpaired) electrons. The van der Waals surface area contributed by atoms with Gasteiger partial charge in [0.2, 0.25) is 5.91 Å². The number of pyridine rings is 1. The van der Waals surface area contributed by atoms with Crippen LogP contribution in [0.4, 0.5) is 0 Å². The van der Waals surface area contributed by atoms with Gasteiger partial charge in [-0.25, -0.2) is 0 Å². The Labute approximate surface area is 176 Å². The maximum Gasteiger partial charge on any atom is 0.224 e. The third kappa shape index (κ3) is 3.59. The molecule has 0 saturated heterocycles. The highest BCUT2D eigenvalue weighted by Gasteiger charge is 2.43. The fourth-order valence-corrected chi connectivity index (χ4v) is 4.25. The van der Waals surface area contributed by atoms with Crippen molar-refractivity contribution in [2.24, 2.45) is 5.92 Å². The van der Waals surface area contributed by atoms with Crippen molar-refractivity contribution in [3.63, 3.8) is 0 Å². The van der Waals surface area contributed by atoms with Crippen molar-refractivity contribution >= 4 is 16.7 Å². The highest BCUT2D eigenvalue weighted by molar-refractivity contribution is 5.98. The molecule has 3 aromatic carbocycles. The van der Waals surface area contributed by atoms with Crippen molar-refractivity contribution in [3.05, 3.63) is 102 Å². The zero-order chi connectivity index (χ0) is 20.5. The molecule has 5 rings (SSSR count). The number of amides is 1. The number of fused-ring (bicyclic) bond motifs is 1. The number of carbonyl (C=O) groups excluding carboxylic acids is 1. The summed E-state index contributed by atoms with van der Waals surface area (Å²) in [6.07, 6.45) is 4.67. The van der Waals surface area contributed by atoms with Gasteiger partial charge in [0.1, 0.15) is 0 Å². The summed E-state index contributed by atoms with van der Waals surface area (Å²) in [5, 5.41) is 5.40. The van der Waals surface area contributed by atoms with Crippen molar-refractivity contribution in [1.82, 2.24) is 10.3 Å². The molecule has 30 heavy (non-hydrogen) atoms. The second kappa shape index (κ2) is 7.75. The average molecular weight is 393 g/mol. The van der Waals surface area contributed by atoms with E-state index in [0.717, 1.165) is 22.8 Å². The van der Waals surface area contributed by atoms with Crippen molar-refractivity contribution in [2.75, 3.05) is 0 Å². The molecule has 1 N–H and O–H groups in total.